The molecule has 0 radical (unpaired) electrons. The summed E-state index contributed by atoms with van der Waals surface area (Å²) in [7, 11) is 0. The van der Waals surface area contributed by atoms with Crippen molar-refractivity contribution in [2.45, 2.75) is 65.5 Å². The Balaban J connectivity index is 1.48. The van der Waals surface area contributed by atoms with Gasteiger partial charge >= 0.3 is 0 Å². The minimum absolute atomic E-state index is 0.341. The molecule has 1 amide bonds. The highest BCUT2D eigenvalue weighted by atomic mass is 16.1. The van der Waals surface area contributed by atoms with Crippen LogP contribution in [0.1, 0.15) is 71.5 Å². The molecule has 1 aliphatic carbocycles. The molecule has 5 nitrogen and oxygen atoms in total. The number of piperazine rings is 1. The van der Waals surface area contributed by atoms with Crippen LogP contribution in [0.2, 0.25) is 0 Å². The van der Waals surface area contributed by atoms with Gasteiger partial charge in [0.2, 0.25) is 5.91 Å². The highest BCUT2D eigenvalue weighted by Crippen LogP contribution is 2.38. The average molecular weight is 459 g/mol. The Morgan fingerprint density at radius 2 is 1.79 bits per heavy atom. The van der Waals surface area contributed by atoms with Gasteiger partial charge in [-0.1, -0.05) is 25.5 Å². The van der Waals surface area contributed by atoms with E-state index in [1.54, 1.807) is 0 Å². The first-order valence-corrected chi connectivity index (χ1v) is 13.0. The fourth-order valence-electron chi connectivity index (χ4n) is 6.14. The van der Waals surface area contributed by atoms with Crippen LogP contribution in [-0.4, -0.2) is 41.6 Å². The summed E-state index contributed by atoms with van der Waals surface area (Å²) in [5, 5.41) is 1.24. The molecule has 1 saturated heterocycles. The number of nitrogens with zero attached hydrogens (tertiary/aromatic N) is 3. The number of hydrogen-bond donors (Lipinski definition) is 1. The number of fused-ring (bicyclic) bond motifs is 3. The first kappa shape index (κ1) is 23.0. The highest BCUT2D eigenvalue weighted by molar-refractivity contribution is 5.98. The topological polar surface area (TPSA) is 54.5 Å². The van der Waals surface area contributed by atoms with E-state index in [0.29, 0.717) is 11.7 Å². The SMILES string of the molecule is CCCC(N1CCN(c2cccc(C)c2C)CC1)n1c2c(c3cc(C(N)=O)ccc31)CCCC2. The van der Waals surface area contributed by atoms with Crippen LogP contribution in [-0.2, 0) is 12.8 Å². The van der Waals surface area contributed by atoms with E-state index in [1.807, 2.05) is 12.1 Å². The largest absolute Gasteiger partial charge is 0.369 e. The number of anilines is 1. The third kappa shape index (κ3) is 4.00. The summed E-state index contributed by atoms with van der Waals surface area (Å²) in [5.41, 5.74) is 14.6. The van der Waals surface area contributed by atoms with Crippen molar-refractivity contribution in [3.05, 3.63) is 64.3 Å². The van der Waals surface area contributed by atoms with Crippen molar-refractivity contribution in [1.29, 1.82) is 0 Å². The number of aromatic nitrogens is 1. The Bertz CT molecular complexity index is 1200. The zero-order chi connectivity index (χ0) is 23.8. The maximum Gasteiger partial charge on any atom is 0.248 e. The molecule has 0 spiro atoms. The van der Waals surface area contributed by atoms with Crippen LogP contribution >= 0.6 is 0 Å². The third-order valence-corrected chi connectivity index (χ3v) is 8.09. The number of hydrogen-bond acceptors (Lipinski definition) is 3. The molecule has 180 valence electrons. The van der Waals surface area contributed by atoms with Crippen molar-refractivity contribution < 1.29 is 4.79 Å². The number of primary amides is 1. The summed E-state index contributed by atoms with van der Waals surface area (Å²) in [6.07, 6.45) is 7.33. The lowest BCUT2D eigenvalue weighted by atomic mass is 9.95. The molecule has 5 heteroatoms. The molecule has 1 aromatic heterocycles. The van der Waals surface area contributed by atoms with Gasteiger partial charge in [0.05, 0.1) is 6.17 Å². The van der Waals surface area contributed by atoms with Crippen molar-refractivity contribution >= 4 is 22.5 Å². The van der Waals surface area contributed by atoms with E-state index < -0.39 is 0 Å². The molecular formula is C29H38N4O. The Morgan fingerprint density at radius 3 is 2.53 bits per heavy atom. The van der Waals surface area contributed by atoms with Gasteiger partial charge in [-0.15, -0.1) is 0 Å². The summed E-state index contributed by atoms with van der Waals surface area (Å²) in [6, 6.07) is 12.8. The summed E-state index contributed by atoms with van der Waals surface area (Å²) < 4.78 is 2.63. The van der Waals surface area contributed by atoms with Gasteiger partial charge in [-0.25, -0.2) is 0 Å². The minimum atomic E-state index is -0.341. The van der Waals surface area contributed by atoms with Gasteiger partial charge in [0, 0.05) is 54.0 Å². The number of benzene rings is 2. The first-order chi connectivity index (χ1) is 16.5. The summed E-state index contributed by atoms with van der Waals surface area (Å²) in [6.45, 7) is 11.0. The van der Waals surface area contributed by atoms with Gasteiger partial charge in [0.15, 0.2) is 0 Å². The van der Waals surface area contributed by atoms with E-state index in [2.05, 4.69) is 59.4 Å². The smallest absolute Gasteiger partial charge is 0.248 e. The molecule has 0 bridgehead atoms. The molecule has 1 aliphatic heterocycles. The van der Waals surface area contributed by atoms with Gasteiger partial charge in [0.25, 0.3) is 0 Å². The second kappa shape index (κ2) is 9.46. The van der Waals surface area contributed by atoms with Crippen LogP contribution in [0.4, 0.5) is 5.69 Å². The van der Waals surface area contributed by atoms with Gasteiger partial charge < -0.3 is 15.2 Å². The van der Waals surface area contributed by atoms with Crippen LogP contribution in [0.3, 0.4) is 0 Å². The van der Waals surface area contributed by atoms with Crippen LogP contribution in [0, 0.1) is 13.8 Å². The Morgan fingerprint density at radius 1 is 1.03 bits per heavy atom. The van der Waals surface area contributed by atoms with Crippen LogP contribution in [0.5, 0.6) is 0 Å². The number of nitrogens with two attached hydrogens (primary N) is 1. The normalized spacial score (nSPS) is 17.7. The van der Waals surface area contributed by atoms with Crippen molar-refractivity contribution in [3.8, 4) is 0 Å². The monoisotopic (exact) mass is 458 g/mol. The Labute approximate surface area is 203 Å². The lowest BCUT2D eigenvalue weighted by Gasteiger charge is -2.42. The number of carbonyl (C=O) groups excluding carboxylic acids is 1. The second-order valence-corrected chi connectivity index (χ2v) is 10.1. The van der Waals surface area contributed by atoms with E-state index in [9.17, 15) is 4.79 Å². The van der Waals surface area contributed by atoms with Gasteiger partial charge in [-0.3, -0.25) is 9.69 Å². The van der Waals surface area contributed by atoms with Crippen molar-refractivity contribution in [3.63, 3.8) is 0 Å². The lowest BCUT2D eigenvalue weighted by molar-refractivity contribution is 0.100. The molecule has 2 N–H and O–H groups in total. The fraction of sp³-hybridized carbons (Fsp3) is 0.483. The summed E-state index contributed by atoms with van der Waals surface area (Å²) >= 11 is 0. The predicted octanol–water partition coefficient (Wildman–Crippen LogP) is 5.36. The van der Waals surface area contributed by atoms with Crippen LogP contribution < -0.4 is 10.6 Å². The second-order valence-electron chi connectivity index (χ2n) is 10.1. The number of rotatable bonds is 6. The molecule has 2 aliphatic rings. The fourth-order valence-corrected chi connectivity index (χ4v) is 6.14. The molecule has 0 saturated carbocycles. The zero-order valence-electron chi connectivity index (χ0n) is 20.9. The Hall–Kier alpha value is -2.79. The molecule has 2 aromatic carbocycles. The molecule has 3 aromatic rings. The van der Waals surface area contributed by atoms with Gasteiger partial charge in [-0.2, -0.15) is 0 Å². The third-order valence-electron chi connectivity index (χ3n) is 8.09. The van der Waals surface area contributed by atoms with E-state index in [1.165, 1.54) is 51.8 Å². The lowest BCUT2D eigenvalue weighted by Crippen LogP contribution is -2.49. The summed E-state index contributed by atoms with van der Waals surface area (Å²) in [4.78, 5) is 17.2. The van der Waals surface area contributed by atoms with Gasteiger partial charge in [-0.05, 0) is 86.9 Å². The van der Waals surface area contributed by atoms with E-state index in [-0.39, 0.29) is 5.91 Å². The van der Waals surface area contributed by atoms with E-state index in [4.69, 9.17) is 5.73 Å². The van der Waals surface area contributed by atoms with Crippen molar-refractivity contribution in [1.82, 2.24) is 9.47 Å². The molecule has 34 heavy (non-hydrogen) atoms. The number of aryl methyl sites for hydroxylation is 2. The highest BCUT2D eigenvalue weighted by Gasteiger charge is 2.30. The molecule has 1 fully saturated rings. The standard InChI is InChI=1S/C29H38N4O/c1-4-8-28(32-17-15-31(16-18-32)25-12-7-9-20(2)21(25)3)33-26-11-6-5-10-23(26)24-19-22(29(30)34)13-14-27(24)33/h7,9,12-14,19,28H,4-6,8,10-11,15-18H2,1-3H3,(H2,30,34). The number of carbonyl (C=O) groups is 1. The summed E-state index contributed by atoms with van der Waals surface area (Å²) in [5.74, 6) is -0.341. The minimum Gasteiger partial charge on any atom is -0.369 e. The zero-order valence-corrected chi connectivity index (χ0v) is 20.9. The van der Waals surface area contributed by atoms with Crippen molar-refractivity contribution in [2.24, 2.45) is 5.73 Å². The average Bonchev–Trinajstić information content (AvgIpc) is 3.18. The first-order valence-electron chi connectivity index (χ1n) is 13.0. The van der Waals surface area contributed by atoms with Crippen molar-refractivity contribution in [2.75, 3.05) is 31.1 Å². The quantitative estimate of drug-likeness (QED) is 0.541. The van der Waals surface area contributed by atoms with Crippen LogP contribution in [0.25, 0.3) is 10.9 Å². The molecule has 5 rings (SSSR count). The van der Waals surface area contributed by atoms with E-state index in [0.717, 1.165) is 51.9 Å². The molecule has 1 atom stereocenters. The van der Waals surface area contributed by atoms with E-state index >= 15 is 0 Å². The maximum atomic E-state index is 11.9. The van der Waals surface area contributed by atoms with Crippen LogP contribution in [0.15, 0.2) is 36.4 Å². The predicted molar refractivity (Wildman–Crippen MR) is 141 cm³/mol. The molecule has 1 unspecified atom stereocenters. The molecule has 2 heterocycles. The number of amides is 1. The maximum absolute atomic E-state index is 11.9. The van der Waals surface area contributed by atoms with Gasteiger partial charge in [0.1, 0.15) is 0 Å². The Kier molecular flexibility index (Phi) is 6.39. The molecular weight excluding hydrogens is 420 g/mol.